The topological polar surface area (TPSA) is 79.5 Å². The summed E-state index contributed by atoms with van der Waals surface area (Å²) >= 11 is 8.75. The Morgan fingerprint density at radius 2 is 1.58 bits per heavy atom. The number of rotatable bonds is 9. The largest absolute Gasteiger partial charge is 0.492 e. The van der Waals surface area contributed by atoms with Gasteiger partial charge in [0, 0.05) is 16.8 Å². The van der Waals surface area contributed by atoms with Gasteiger partial charge >= 0.3 is 0 Å². The molecule has 0 radical (unpaired) electrons. The Kier molecular flexibility index (Phi) is 10.0. The second-order valence-corrected chi connectivity index (χ2v) is 10.0. The van der Waals surface area contributed by atoms with Crippen molar-refractivity contribution in [1.29, 1.82) is 0 Å². The van der Waals surface area contributed by atoms with Gasteiger partial charge in [-0.05, 0) is 95.4 Å². The van der Waals surface area contributed by atoms with E-state index in [-0.39, 0.29) is 23.0 Å². The Balaban J connectivity index is 1.51. The predicted octanol–water partition coefficient (Wildman–Crippen LogP) is 6.49. The van der Waals surface area contributed by atoms with Gasteiger partial charge in [-0.25, -0.2) is 0 Å². The summed E-state index contributed by atoms with van der Waals surface area (Å²) in [5.74, 6) is 0.734. The van der Waals surface area contributed by atoms with Gasteiger partial charge in [-0.15, -0.1) is 0 Å². The first-order valence-electron chi connectivity index (χ1n) is 11.7. The van der Waals surface area contributed by atoms with E-state index < -0.39 is 0 Å². The lowest BCUT2D eigenvalue weighted by atomic mass is 10.1. The van der Waals surface area contributed by atoms with Crippen molar-refractivity contribution in [2.75, 3.05) is 11.9 Å². The number of carbonyl (C=O) groups excluding carboxylic acids is 2. The van der Waals surface area contributed by atoms with Crippen molar-refractivity contribution in [3.05, 3.63) is 94.0 Å². The fourth-order valence-electron chi connectivity index (χ4n) is 3.31. The number of hydrogen-bond acceptors (Lipinski definition) is 4. The lowest BCUT2D eigenvalue weighted by Crippen LogP contribution is -2.34. The molecule has 0 saturated carbocycles. The highest BCUT2D eigenvalue weighted by molar-refractivity contribution is 9.10. The molecule has 0 spiro atoms. The minimum absolute atomic E-state index is 0.111. The zero-order valence-corrected chi connectivity index (χ0v) is 22.9. The van der Waals surface area contributed by atoms with Crippen LogP contribution in [0, 0.1) is 5.92 Å². The third-order valence-electron chi connectivity index (χ3n) is 5.43. The van der Waals surface area contributed by atoms with Crippen LogP contribution in [0.15, 0.2) is 77.3 Å². The Morgan fingerprint density at radius 3 is 2.22 bits per heavy atom. The Bertz CT molecular complexity index is 1200. The van der Waals surface area contributed by atoms with Crippen molar-refractivity contribution in [2.45, 2.75) is 33.2 Å². The van der Waals surface area contributed by atoms with Crippen LogP contribution in [0.5, 0.6) is 5.75 Å². The van der Waals surface area contributed by atoms with E-state index in [0.717, 1.165) is 12.0 Å². The monoisotopic (exact) mass is 567 g/mol. The standard InChI is InChI=1S/C28H30BrN3O3S/c1-18(2)15-16-35-25-14-11-22(17-24(25)29)27(34)32-28(36)31-23-12-9-21(10-13-23)26(33)30-19(3)20-7-5-4-6-8-20/h4-14,17-19H,15-16H2,1-3H3,(H,30,33)(H2,31,32,34,36). The molecule has 1 atom stereocenters. The minimum atomic E-state index is -0.340. The quantitative estimate of drug-likeness (QED) is 0.257. The maximum Gasteiger partial charge on any atom is 0.257 e. The maximum absolute atomic E-state index is 12.6. The number of anilines is 1. The summed E-state index contributed by atoms with van der Waals surface area (Å²) in [5.41, 5.74) is 2.66. The van der Waals surface area contributed by atoms with Gasteiger partial charge in [-0.1, -0.05) is 44.2 Å². The summed E-state index contributed by atoms with van der Waals surface area (Å²) in [7, 11) is 0. The van der Waals surface area contributed by atoms with E-state index in [1.54, 1.807) is 42.5 Å². The van der Waals surface area contributed by atoms with E-state index in [2.05, 4.69) is 45.7 Å². The molecule has 2 amide bonds. The summed E-state index contributed by atoms with van der Waals surface area (Å²) in [4.78, 5) is 25.2. The molecule has 8 heteroatoms. The highest BCUT2D eigenvalue weighted by atomic mass is 79.9. The zero-order chi connectivity index (χ0) is 26.1. The molecule has 0 aromatic heterocycles. The summed E-state index contributed by atoms with van der Waals surface area (Å²) < 4.78 is 6.47. The van der Waals surface area contributed by atoms with Gasteiger partial charge in [-0.2, -0.15) is 0 Å². The summed E-state index contributed by atoms with van der Waals surface area (Å²) in [6.07, 6.45) is 0.951. The number of hydrogen-bond donors (Lipinski definition) is 3. The first-order valence-corrected chi connectivity index (χ1v) is 12.9. The van der Waals surface area contributed by atoms with Gasteiger partial charge in [-0.3, -0.25) is 14.9 Å². The molecule has 3 aromatic carbocycles. The van der Waals surface area contributed by atoms with Crippen LogP contribution in [-0.4, -0.2) is 23.5 Å². The molecule has 1 unspecified atom stereocenters. The molecule has 0 fully saturated rings. The molecule has 0 saturated heterocycles. The summed E-state index contributed by atoms with van der Waals surface area (Å²) in [5, 5.41) is 8.79. The lowest BCUT2D eigenvalue weighted by Gasteiger charge is -2.15. The van der Waals surface area contributed by atoms with Crippen molar-refractivity contribution in [3.63, 3.8) is 0 Å². The normalized spacial score (nSPS) is 11.5. The highest BCUT2D eigenvalue weighted by Gasteiger charge is 2.13. The predicted molar refractivity (Wildman–Crippen MR) is 152 cm³/mol. The summed E-state index contributed by atoms with van der Waals surface area (Å²) in [6.45, 7) is 6.83. The number of benzene rings is 3. The molecule has 0 bridgehead atoms. The third-order valence-corrected chi connectivity index (χ3v) is 6.25. The molecule has 3 aromatic rings. The van der Waals surface area contributed by atoms with Crippen LogP contribution in [0.25, 0.3) is 0 Å². The molecular formula is C28H30BrN3O3S. The van der Waals surface area contributed by atoms with E-state index in [4.69, 9.17) is 17.0 Å². The van der Waals surface area contributed by atoms with E-state index in [1.807, 2.05) is 37.3 Å². The average molecular weight is 569 g/mol. The van der Waals surface area contributed by atoms with Gasteiger partial charge in [0.05, 0.1) is 17.1 Å². The molecule has 0 aliphatic rings. The number of ether oxygens (including phenoxy) is 1. The molecular weight excluding hydrogens is 538 g/mol. The second-order valence-electron chi connectivity index (χ2n) is 8.77. The van der Waals surface area contributed by atoms with E-state index in [9.17, 15) is 9.59 Å². The third kappa shape index (κ3) is 8.17. The molecule has 3 N–H and O–H groups in total. The van der Waals surface area contributed by atoms with Crippen LogP contribution in [0.2, 0.25) is 0 Å². The maximum atomic E-state index is 12.6. The summed E-state index contributed by atoms with van der Waals surface area (Å²) in [6, 6.07) is 21.7. The van der Waals surface area contributed by atoms with Gasteiger partial charge in [0.15, 0.2) is 5.11 Å². The Labute approximate surface area is 226 Å². The molecule has 36 heavy (non-hydrogen) atoms. The van der Waals surface area contributed by atoms with Gasteiger partial charge < -0.3 is 15.4 Å². The molecule has 188 valence electrons. The van der Waals surface area contributed by atoms with Crippen LogP contribution in [0.4, 0.5) is 5.69 Å². The van der Waals surface area contributed by atoms with Crippen LogP contribution in [0.1, 0.15) is 59.5 Å². The van der Waals surface area contributed by atoms with Gasteiger partial charge in [0.2, 0.25) is 0 Å². The SMILES string of the molecule is CC(C)CCOc1ccc(C(=O)NC(=S)Nc2ccc(C(=O)NC(C)c3ccccc3)cc2)cc1Br. The first-order chi connectivity index (χ1) is 17.2. The van der Waals surface area contributed by atoms with E-state index in [1.165, 1.54) is 0 Å². The van der Waals surface area contributed by atoms with Crippen molar-refractivity contribution in [1.82, 2.24) is 10.6 Å². The van der Waals surface area contributed by atoms with Crippen LogP contribution < -0.4 is 20.7 Å². The molecule has 0 aliphatic heterocycles. The first kappa shape index (κ1) is 27.4. The number of halogens is 1. The van der Waals surface area contributed by atoms with Crippen LogP contribution in [-0.2, 0) is 0 Å². The molecule has 0 heterocycles. The number of thiocarbonyl (C=S) groups is 1. The number of carbonyl (C=O) groups is 2. The Hall–Kier alpha value is -3.23. The lowest BCUT2D eigenvalue weighted by molar-refractivity contribution is 0.0938. The average Bonchev–Trinajstić information content (AvgIpc) is 2.85. The molecule has 0 aliphatic carbocycles. The number of nitrogens with one attached hydrogen (secondary N) is 3. The fourth-order valence-corrected chi connectivity index (χ4v) is 4.02. The smallest absolute Gasteiger partial charge is 0.257 e. The number of amides is 2. The molecule has 6 nitrogen and oxygen atoms in total. The van der Waals surface area contributed by atoms with E-state index >= 15 is 0 Å². The molecule has 3 rings (SSSR count). The highest BCUT2D eigenvalue weighted by Crippen LogP contribution is 2.26. The van der Waals surface area contributed by atoms with Gasteiger partial charge in [0.25, 0.3) is 11.8 Å². The van der Waals surface area contributed by atoms with Crippen molar-refractivity contribution in [3.8, 4) is 5.75 Å². The Morgan fingerprint density at radius 1 is 0.917 bits per heavy atom. The second kappa shape index (κ2) is 13.2. The van der Waals surface area contributed by atoms with E-state index in [0.29, 0.717) is 39.6 Å². The van der Waals surface area contributed by atoms with Crippen molar-refractivity contribution >= 4 is 50.8 Å². The minimum Gasteiger partial charge on any atom is -0.492 e. The van der Waals surface area contributed by atoms with Crippen molar-refractivity contribution in [2.24, 2.45) is 5.92 Å². The zero-order valence-electron chi connectivity index (χ0n) is 20.5. The van der Waals surface area contributed by atoms with Crippen molar-refractivity contribution < 1.29 is 14.3 Å². The van der Waals surface area contributed by atoms with Crippen LogP contribution in [0.3, 0.4) is 0 Å². The van der Waals surface area contributed by atoms with Gasteiger partial charge in [0.1, 0.15) is 5.75 Å². The fraction of sp³-hybridized carbons (Fsp3) is 0.250. The van der Waals surface area contributed by atoms with Crippen LogP contribution >= 0.6 is 28.1 Å².